The number of piperazine rings is 1. The van der Waals surface area contributed by atoms with E-state index in [-0.39, 0.29) is 0 Å². The van der Waals surface area contributed by atoms with Gasteiger partial charge in [0.2, 0.25) is 10.3 Å². The molecule has 0 atom stereocenters. The van der Waals surface area contributed by atoms with Gasteiger partial charge in [0.15, 0.2) is 0 Å². The highest BCUT2D eigenvalue weighted by Gasteiger charge is 2.21. The van der Waals surface area contributed by atoms with Crippen LogP contribution in [-0.2, 0) is 19.5 Å². The van der Waals surface area contributed by atoms with Crippen LogP contribution in [0.15, 0.2) is 72.9 Å². The van der Waals surface area contributed by atoms with E-state index in [1.165, 1.54) is 16.8 Å². The molecule has 2 aromatic carbocycles. The second-order valence-electron chi connectivity index (χ2n) is 8.72. The molecule has 182 valence electrons. The molecule has 1 fully saturated rings. The molecule has 4 aromatic rings. The van der Waals surface area contributed by atoms with Crippen molar-refractivity contribution in [2.45, 2.75) is 19.5 Å². The first-order valence-corrected chi connectivity index (χ1v) is 13.0. The largest absolute Gasteiger partial charge is 0.496 e. The van der Waals surface area contributed by atoms with Gasteiger partial charge in [-0.1, -0.05) is 59.9 Å². The summed E-state index contributed by atoms with van der Waals surface area (Å²) < 4.78 is 7.60. The molecule has 1 N–H and O–H groups in total. The van der Waals surface area contributed by atoms with Crippen molar-refractivity contribution in [2.24, 2.45) is 0 Å². The Hall–Kier alpha value is -3.20. The van der Waals surface area contributed by atoms with Crippen LogP contribution in [0.4, 0.5) is 5.13 Å². The first-order valence-electron chi connectivity index (χ1n) is 12.1. The number of methoxy groups -OCH3 is 1. The molecule has 0 unspecified atom stereocenters. The Bertz CT molecular complexity index is 1200. The zero-order chi connectivity index (χ0) is 23.9. The Morgan fingerprint density at radius 3 is 2.49 bits per heavy atom. The Morgan fingerprint density at radius 2 is 1.66 bits per heavy atom. The second-order valence-corrected chi connectivity index (χ2v) is 9.66. The number of aromatic nitrogens is 3. The van der Waals surface area contributed by atoms with Crippen LogP contribution in [0.3, 0.4) is 0 Å². The Kier molecular flexibility index (Phi) is 7.72. The third-order valence-electron chi connectivity index (χ3n) is 6.40. The van der Waals surface area contributed by atoms with Gasteiger partial charge in [0, 0.05) is 51.2 Å². The van der Waals surface area contributed by atoms with E-state index in [0.717, 1.165) is 68.2 Å². The lowest BCUT2D eigenvalue weighted by Gasteiger charge is -2.34. The number of anilines is 1. The average Bonchev–Trinajstić information content (AvgIpc) is 3.58. The lowest BCUT2D eigenvalue weighted by Crippen LogP contribution is -2.45. The molecule has 3 heterocycles. The molecule has 0 saturated carbocycles. The molecule has 2 aromatic heterocycles. The molecule has 0 bridgehead atoms. The van der Waals surface area contributed by atoms with Crippen molar-refractivity contribution in [1.29, 1.82) is 0 Å². The summed E-state index contributed by atoms with van der Waals surface area (Å²) in [5, 5.41) is 14.5. The van der Waals surface area contributed by atoms with Crippen molar-refractivity contribution in [1.82, 2.24) is 25.0 Å². The Labute approximate surface area is 211 Å². The maximum absolute atomic E-state index is 5.46. The monoisotopic (exact) mass is 488 g/mol. The van der Waals surface area contributed by atoms with Gasteiger partial charge in [0.1, 0.15) is 5.75 Å². The van der Waals surface area contributed by atoms with Crippen molar-refractivity contribution in [3.8, 4) is 10.9 Å². The van der Waals surface area contributed by atoms with Crippen molar-refractivity contribution in [3.63, 3.8) is 0 Å². The van der Waals surface area contributed by atoms with Crippen LogP contribution >= 0.6 is 11.3 Å². The predicted molar refractivity (Wildman–Crippen MR) is 142 cm³/mol. The molecule has 0 amide bonds. The van der Waals surface area contributed by atoms with Crippen LogP contribution in [0.5, 0.6) is 5.75 Å². The molecule has 7 nitrogen and oxygen atoms in total. The van der Waals surface area contributed by atoms with Gasteiger partial charge in [0.05, 0.1) is 7.11 Å². The third-order valence-corrected chi connectivity index (χ3v) is 7.39. The summed E-state index contributed by atoms with van der Waals surface area (Å²) in [6, 6.07) is 23.1. The zero-order valence-corrected chi connectivity index (χ0v) is 21.0. The molecule has 5 rings (SSSR count). The third kappa shape index (κ3) is 5.90. The van der Waals surface area contributed by atoms with Gasteiger partial charge < -0.3 is 15.0 Å². The van der Waals surface area contributed by atoms with E-state index >= 15 is 0 Å². The van der Waals surface area contributed by atoms with Gasteiger partial charge >= 0.3 is 0 Å². The number of hydrogen-bond acceptors (Lipinski definition) is 7. The van der Waals surface area contributed by atoms with E-state index in [1.54, 1.807) is 18.4 Å². The quantitative estimate of drug-likeness (QED) is 0.341. The van der Waals surface area contributed by atoms with Gasteiger partial charge in [-0.25, -0.2) is 0 Å². The van der Waals surface area contributed by atoms with E-state index in [2.05, 4.69) is 90.7 Å². The Balaban J connectivity index is 1.13. The molecule has 35 heavy (non-hydrogen) atoms. The standard InChI is InChI=1S/C27H32N6OS/c1-34-25-12-6-5-10-23(25)13-14-28-20-24-11-7-15-33(24)27-30-29-26(35-27)32-18-16-31(17-19-32)21-22-8-3-2-4-9-22/h2-12,15,28H,13-14,16-21H2,1H3. The fraction of sp³-hybridized carbons (Fsp3) is 0.333. The summed E-state index contributed by atoms with van der Waals surface area (Å²) in [6.45, 7) is 6.68. The fourth-order valence-corrected chi connectivity index (χ4v) is 5.38. The lowest BCUT2D eigenvalue weighted by molar-refractivity contribution is 0.249. The van der Waals surface area contributed by atoms with Gasteiger partial charge in [-0.15, -0.1) is 10.2 Å². The van der Waals surface area contributed by atoms with Crippen LogP contribution in [0.1, 0.15) is 16.8 Å². The minimum Gasteiger partial charge on any atom is -0.496 e. The fourth-order valence-electron chi connectivity index (χ4n) is 4.47. The zero-order valence-electron chi connectivity index (χ0n) is 20.1. The highest BCUT2D eigenvalue weighted by Crippen LogP contribution is 2.26. The number of hydrogen-bond donors (Lipinski definition) is 1. The van der Waals surface area contributed by atoms with E-state index < -0.39 is 0 Å². The lowest BCUT2D eigenvalue weighted by atomic mass is 10.1. The topological polar surface area (TPSA) is 58.5 Å². The smallest absolute Gasteiger partial charge is 0.218 e. The van der Waals surface area contributed by atoms with E-state index in [4.69, 9.17) is 4.74 Å². The van der Waals surface area contributed by atoms with Gasteiger partial charge in [0.25, 0.3) is 0 Å². The molecule has 8 heteroatoms. The molecular weight excluding hydrogens is 456 g/mol. The summed E-state index contributed by atoms with van der Waals surface area (Å²) in [5.41, 5.74) is 3.77. The van der Waals surface area contributed by atoms with Crippen LogP contribution in [0.25, 0.3) is 5.13 Å². The minimum atomic E-state index is 0.773. The molecule has 1 saturated heterocycles. The summed E-state index contributed by atoms with van der Waals surface area (Å²) in [5.74, 6) is 0.944. The number of benzene rings is 2. The molecule has 0 spiro atoms. The van der Waals surface area contributed by atoms with Gasteiger partial charge in [-0.05, 0) is 42.3 Å². The number of ether oxygens (including phenoxy) is 1. The normalized spacial score (nSPS) is 14.4. The molecule has 1 aliphatic heterocycles. The van der Waals surface area contributed by atoms with E-state index in [1.807, 2.05) is 12.1 Å². The number of nitrogens with one attached hydrogen (secondary N) is 1. The summed E-state index contributed by atoms with van der Waals surface area (Å²) in [6.07, 6.45) is 2.99. The number of nitrogens with zero attached hydrogens (tertiary/aromatic N) is 5. The van der Waals surface area contributed by atoms with Crippen molar-refractivity contribution in [3.05, 3.63) is 89.7 Å². The Morgan fingerprint density at radius 1 is 0.886 bits per heavy atom. The summed E-state index contributed by atoms with van der Waals surface area (Å²) >= 11 is 1.66. The second kappa shape index (κ2) is 11.5. The predicted octanol–water partition coefficient (Wildman–Crippen LogP) is 3.99. The maximum atomic E-state index is 5.46. The molecular formula is C27H32N6OS. The molecule has 1 aliphatic rings. The van der Waals surface area contributed by atoms with Crippen LogP contribution in [0, 0.1) is 0 Å². The summed E-state index contributed by atoms with van der Waals surface area (Å²) in [4.78, 5) is 4.87. The van der Waals surface area contributed by atoms with Crippen LogP contribution in [-0.4, -0.2) is 59.5 Å². The average molecular weight is 489 g/mol. The van der Waals surface area contributed by atoms with E-state index in [9.17, 15) is 0 Å². The van der Waals surface area contributed by atoms with Crippen LogP contribution in [0.2, 0.25) is 0 Å². The molecule has 0 aliphatic carbocycles. The highest BCUT2D eigenvalue weighted by molar-refractivity contribution is 7.17. The van der Waals surface area contributed by atoms with Crippen LogP contribution < -0.4 is 15.0 Å². The number of rotatable bonds is 10. The first-order chi connectivity index (χ1) is 17.3. The van der Waals surface area contributed by atoms with Crippen molar-refractivity contribution in [2.75, 3.05) is 44.7 Å². The van der Waals surface area contributed by atoms with Crippen molar-refractivity contribution < 1.29 is 4.74 Å². The first kappa shape index (κ1) is 23.5. The minimum absolute atomic E-state index is 0.773. The summed E-state index contributed by atoms with van der Waals surface area (Å²) in [7, 11) is 1.72. The van der Waals surface area contributed by atoms with Gasteiger partial charge in [-0.2, -0.15) is 0 Å². The molecule has 0 radical (unpaired) electrons. The van der Waals surface area contributed by atoms with E-state index in [0.29, 0.717) is 0 Å². The van der Waals surface area contributed by atoms with Crippen molar-refractivity contribution >= 4 is 16.5 Å². The maximum Gasteiger partial charge on any atom is 0.218 e. The SMILES string of the molecule is COc1ccccc1CCNCc1cccn1-c1nnc(N2CCN(Cc3ccccc3)CC2)s1. The highest BCUT2D eigenvalue weighted by atomic mass is 32.1. The van der Waals surface area contributed by atoms with Gasteiger partial charge in [-0.3, -0.25) is 9.47 Å². The number of para-hydroxylation sites is 1.